The Morgan fingerprint density at radius 3 is 2.26 bits per heavy atom. The average molecular weight is 539 g/mol. The molecule has 0 amide bonds. The Hall–Kier alpha value is -3.18. The van der Waals surface area contributed by atoms with Gasteiger partial charge in [-0.1, -0.05) is 31.4 Å². The summed E-state index contributed by atoms with van der Waals surface area (Å²) in [5, 5.41) is 6.44. The van der Waals surface area contributed by atoms with E-state index in [9.17, 15) is 13.2 Å². The van der Waals surface area contributed by atoms with Crippen molar-refractivity contribution < 1.29 is 13.2 Å². The molecule has 2 N–H and O–H groups in total. The van der Waals surface area contributed by atoms with Crippen LogP contribution in [0.3, 0.4) is 0 Å². The molecule has 200 valence electrons. The number of rotatable bonds is 8. The number of aryl methyl sites for hydroxylation is 3. The van der Waals surface area contributed by atoms with Crippen molar-refractivity contribution in [2.24, 2.45) is 5.92 Å². The highest BCUT2D eigenvalue weighted by molar-refractivity contribution is 6.27. The van der Waals surface area contributed by atoms with Crippen molar-refractivity contribution >= 4 is 28.7 Å². The van der Waals surface area contributed by atoms with Crippen LogP contribution in [0.5, 0.6) is 0 Å². The summed E-state index contributed by atoms with van der Waals surface area (Å²) in [7, 11) is 0. The summed E-state index contributed by atoms with van der Waals surface area (Å²) >= 11 is 6.90. The van der Waals surface area contributed by atoms with E-state index in [1.165, 1.54) is 6.07 Å². The van der Waals surface area contributed by atoms with Crippen LogP contribution in [0.4, 0.5) is 24.5 Å². The number of allylic oxidation sites excluding steroid dienone is 1. The zero-order valence-electron chi connectivity index (χ0n) is 22.7. The third-order valence-electron chi connectivity index (χ3n) is 7.62. The second kappa shape index (κ2) is 9.85. The molecular weight excluding hydrogens is 505 g/mol. The van der Waals surface area contributed by atoms with E-state index in [1.807, 2.05) is 58.0 Å². The minimum absolute atomic E-state index is 0.0309. The van der Waals surface area contributed by atoms with E-state index >= 15 is 0 Å². The van der Waals surface area contributed by atoms with Crippen LogP contribution in [-0.2, 0) is 5.92 Å². The maximum absolute atomic E-state index is 14.4. The summed E-state index contributed by atoms with van der Waals surface area (Å²) < 4.78 is 43.0. The van der Waals surface area contributed by atoms with Gasteiger partial charge in [0.05, 0.1) is 10.6 Å². The smallest absolute Gasteiger partial charge is 0.270 e. The minimum Gasteiger partial charge on any atom is -0.359 e. The van der Waals surface area contributed by atoms with Crippen LogP contribution in [0.2, 0.25) is 0 Å². The Kier molecular flexibility index (Phi) is 7.22. The highest BCUT2D eigenvalue weighted by Gasteiger charge is 2.62. The highest BCUT2D eigenvalue weighted by Crippen LogP contribution is 2.65. The van der Waals surface area contributed by atoms with E-state index in [2.05, 4.69) is 23.8 Å². The monoisotopic (exact) mass is 538 g/mol. The molecule has 0 aromatic heterocycles. The maximum Gasteiger partial charge on any atom is 0.270 e. The van der Waals surface area contributed by atoms with Gasteiger partial charge in [0, 0.05) is 47.0 Å². The van der Waals surface area contributed by atoms with Gasteiger partial charge in [0.2, 0.25) is 0 Å². The van der Waals surface area contributed by atoms with Gasteiger partial charge in [-0.25, -0.2) is 13.2 Å². The van der Waals surface area contributed by atoms with E-state index in [0.29, 0.717) is 22.6 Å². The number of anilines is 2. The van der Waals surface area contributed by atoms with E-state index in [-0.39, 0.29) is 23.2 Å². The number of alkyl halides is 3. The second-order valence-electron chi connectivity index (χ2n) is 10.8. The van der Waals surface area contributed by atoms with Gasteiger partial charge in [-0.15, -0.1) is 11.6 Å². The van der Waals surface area contributed by atoms with Crippen molar-refractivity contribution in [2.75, 3.05) is 10.6 Å². The van der Waals surface area contributed by atoms with Gasteiger partial charge in [0.25, 0.3) is 5.92 Å². The lowest BCUT2D eigenvalue weighted by atomic mass is 9.93. The molecular formula is C32H34ClF3N2. The summed E-state index contributed by atoms with van der Waals surface area (Å²) in [6, 6.07) is 14.3. The predicted molar refractivity (Wildman–Crippen MR) is 154 cm³/mol. The van der Waals surface area contributed by atoms with Crippen LogP contribution in [0.1, 0.15) is 58.7 Å². The number of hydrogen-bond acceptors (Lipinski definition) is 2. The zero-order valence-corrected chi connectivity index (χ0v) is 23.5. The molecule has 1 saturated carbocycles. The van der Waals surface area contributed by atoms with Crippen molar-refractivity contribution in [1.82, 2.24) is 0 Å². The average Bonchev–Trinajstić information content (AvgIpc) is 3.39. The molecule has 1 aliphatic rings. The van der Waals surface area contributed by atoms with E-state index in [4.69, 9.17) is 11.6 Å². The Bertz CT molecular complexity index is 1440. The molecule has 0 radical (unpaired) electrons. The van der Waals surface area contributed by atoms with E-state index in [0.717, 1.165) is 40.4 Å². The number of halogens is 4. The van der Waals surface area contributed by atoms with Crippen molar-refractivity contribution in [3.8, 4) is 0 Å². The van der Waals surface area contributed by atoms with Crippen molar-refractivity contribution in [3.05, 3.63) is 112 Å². The first-order valence-corrected chi connectivity index (χ1v) is 13.0. The van der Waals surface area contributed by atoms with Crippen LogP contribution < -0.4 is 10.6 Å². The number of hydrogen-bond donors (Lipinski definition) is 2. The molecule has 1 aliphatic carbocycles. The number of nitrogens with one attached hydrogen (secondary N) is 2. The molecule has 38 heavy (non-hydrogen) atoms. The van der Waals surface area contributed by atoms with Gasteiger partial charge in [-0.05, 0) is 92.8 Å². The Balaban J connectivity index is 1.55. The molecule has 4 rings (SSSR count). The molecule has 3 aromatic carbocycles. The molecule has 3 unspecified atom stereocenters. The van der Waals surface area contributed by atoms with Gasteiger partial charge in [-0.3, -0.25) is 0 Å². The first-order chi connectivity index (χ1) is 17.6. The molecule has 2 nitrogen and oxygen atoms in total. The van der Waals surface area contributed by atoms with Crippen molar-refractivity contribution in [2.45, 2.75) is 58.3 Å². The van der Waals surface area contributed by atoms with Crippen LogP contribution >= 0.6 is 11.6 Å². The first kappa shape index (κ1) is 27.8. The molecule has 0 spiro atoms. The molecule has 0 aliphatic heterocycles. The Morgan fingerprint density at radius 2 is 1.63 bits per heavy atom. The molecule has 0 bridgehead atoms. The Morgan fingerprint density at radius 1 is 0.947 bits per heavy atom. The van der Waals surface area contributed by atoms with Gasteiger partial charge >= 0.3 is 0 Å². The van der Waals surface area contributed by atoms with Gasteiger partial charge in [0.15, 0.2) is 0 Å². The summed E-state index contributed by atoms with van der Waals surface area (Å²) in [4.78, 5) is -0.659. The van der Waals surface area contributed by atoms with Crippen LogP contribution in [0.15, 0.2) is 67.4 Å². The summed E-state index contributed by atoms with van der Waals surface area (Å²) in [5.41, 5.74) is 7.27. The summed E-state index contributed by atoms with van der Waals surface area (Å²) in [6.07, 6.45) is 0. The van der Waals surface area contributed by atoms with Gasteiger partial charge < -0.3 is 10.6 Å². The molecule has 3 atom stereocenters. The van der Waals surface area contributed by atoms with Gasteiger partial charge in [-0.2, -0.15) is 0 Å². The second-order valence-corrected chi connectivity index (χ2v) is 11.6. The highest BCUT2D eigenvalue weighted by atomic mass is 35.5. The van der Waals surface area contributed by atoms with E-state index in [1.54, 1.807) is 19.1 Å². The Labute approximate surface area is 228 Å². The third-order valence-corrected chi connectivity index (χ3v) is 8.09. The van der Waals surface area contributed by atoms with Crippen molar-refractivity contribution in [1.29, 1.82) is 0 Å². The predicted octanol–water partition coefficient (Wildman–Crippen LogP) is 9.59. The maximum atomic E-state index is 14.4. The zero-order chi connectivity index (χ0) is 28.2. The standard InChI is InChI=1S/C32H34ClF3N2/c1-17-9-12-28(27(34)13-17)38-21(5)25-16-24(11-10-18(25)2)37-22(6)29-30(31(29,7)33)23-14-19(3)20(4)26(15-23)32(8,35)36/h9-16,29-30,37-38H,5-6H2,1-4,7-8H3. The summed E-state index contributed by atoms with van der Waals surface area (Å²) in [5.74, 6) is -3.60. The molecule has 0 heterocycles. The number of benzene rings is 3. The largest absolute Gasteiger partial charge is 0.359 e. The van der Waals surface area contributed by atoms with Crippen LogP contribution in [-0.4, -0.2) is 4.87 Å². The SMILES string of the molecule is C=C(Nc1ccc(C)cc1F)c1cc(NC(=C)C2C(c3cc(C)c(C)c(C(C)(F)F)c3)C2(C)Cl)ccc1C. The molecule has 6 heteroatoms. The van der Waals surface area contributed by atoms with Crippen LogP contribution in [0, 0.1) is 39.4 Å². The normalized spacial score (nSPS) is 20.7. The third kappa shape index (κ3) is 5.35. The summed E-state index contributed by atoms with van der Waals surface area (Å²) in [6.45, 7) is 18.6. The lowest BCUT2D eigenvalue weighted by Gasteiger charge is -2.18. The fourth-order valence-electron chi connectivity index (χ4n) is 5.30. The fraction of sp³-hybridized carbons (Fsp3) is 0.312. The lowest BCUT2D eigenvalue weighted by molar-refractivity contribution is 0.0167. The van der Waals surface area contributed by atoms with Crippen LogP contribution in [0.25, 0.3) is 5.70 Å². The fourth-order valence-corrected chi connectivity index (χ4v) is 5.75. The molecule has 3 aromatic rings. The topological polar surface area (TPSA) is 24.1 Å². The van der Waals surface area contributed by atoms with E-state index < -0.39 is 10.8 Å². The lowest BCUT2D eigenvalue weighted by Crippen LogP contribution is -2.11. The first-order valence-electron chi connectivity index (χ1n) is 12.6. The molecule has 1 fully saturated rings. The minimum atomic E-state index is -2.94. The van der Waals surface area contributed by atoms with Gasteiger partial charge in [0.1, 0.15) is 5.82 Å². The quantitative estimate of drug-likeness (QED) is 0.279. The molecule has 0 saturated heterocycles. The van der Waals surface area contributed by atoms with Crippen molar-refractivity contribution in [3.63, 3.8) is 0 Å².